The van der Waals surface area contributed by atoms with E-state index in [2.05, 4.69) is 42.2 Å². The van der Waals surface area contributed by atoms with Crippen LogP contribution in [0.25, 0.3) is 0 Å². The summed E-state index contributed by atoms with van der Waals surface area (Å²) in [6.07, 6.45) is 1.72. The summed E-state index contributed by atoms with van der Waals surface area (Å²) in [5.41, 5.74) is 0.778. The summed E-state index contributed by atoms with van der Waals surface area (Å²) in [4.78, 5) is 16.4. The van der Waals surface area contributed by atoms with Crippen molar-refractivity contribution in [3.63, 3.8) is 0 Å². The van der Waals surface area contributed by atoms with Crippen molar-refractivity contribution < 1.29 is 4.79 Å². The van der Waals surface area contributed by atoms with Crippen LogP contribution in [0.4, 0.5) is 5.69 Å². The van der Waals surface area contributed by atoms with E-state index in [-0.39, 0.29) is 11.2 Å². The SMILES string of the molecule is C[C@@H](Sc1ccc(Br)cn1)C(=O)Nc1cccc(Br)c1. The molecule has 0 saturated heterocycles. The van der Waals surface area contributed by atoms with E-state index in [1.165, 1.54) is 11.8 Å². The molecule has 3 nitrogen and oxygen atoms in total. The lowest BCUT2D eigenvalue weighted by Crippen LogP contribution is -2.22. The van der Waals surface area contributed by atoms with Gasteiger partial charge in [-0.15, -0.1) is 0 Å². The van der Waals surface area contributed by atoms with Gasteiger partial charge in [-0.05, 0) is 53.2 Å². The third-order valence-electron chi connectivity index (χ3n) is 2.46. The van der Waals surface area contributed by atoms with E-state index < -0.39 is 0 Å². The van der Waals surface area contributed by atoms with E-state index >= 15 is 0 Å². The molecule has 0 bridgehead atoms. The minimum absolute atomic E-state index is 0.0437. The number of halogens is 2. The van der Waals surface area contributed by atoms with Crippen molar-refractivity contribution in [1.29, 1.82) is 0 Å². The van der Waals surface area contributed by atoms with Gasteiger partial charge in [0.05, 0.1) is 10.3 Å². The number of amides is 1. The molecule has 0 spiro atoms. The first-order chi connectivity index (χ1) is 9.54. The number of nitrogens with zero attached hydrogens (tertiary/aromatic N) is 1. The molecule has 0 unspecified atom stereocenters. The first-order valence-electron chi connectivity index (χ1n) is 5.89. The molecular formula is C14H12Br2N2OS. The number of pyridine rings is 1. The maximum Gasteiger partial charge on any atom is 0.237 e. The molecule has 1 aromatic heterocycles. The standard InChI is InChI=1S/C14H12Br2N2OS/c1-9(20-13-6-5-11(16)8-17-13)14(19)18-12-4-2-3-10(15)7-12/h2-9H,1H3,(H,18,19)/t9-/m1/s1. The number of nitrogens with one attached hydrogen (secondary N) is 1. The lowest BCUT2D eigenvalue weighted by Gasteiger charge is -2.11. The Labute approximate surface area is 138 Å². The quantitative estimate of drug-likeness (QED) is 0.734. The second-order valence-electron chi connectivity index (χ2n) is 4.07. The van der Waals surface area contributed by atoms with Gasteiger partial charge in [0.25, 0.3) is 0 Å². The minimum Gasteiger partial charge on any atom is -0.325 e. The van der Waals surface area contributed by atoms with Gasteiger partial charge in [0.1, 0.15) is 0 Å². The molecule has 0 fully saturated rings. The van der Waals surface area contributed by atoms with Gasteiger partial charge in [-0.3, -0.25) is 4.79 Å². The molecule has 0 aliphatic heterocycles. The maximum atomic E-state index is 12.1. The zero-order valence-corrected chi connectivity index (χ0v) is 14.6. The largest absolute Gasteiger partial charge is 0.325 e. The maximum absolute atomic E-state index is 12.1. The Morgan fingerprint density at radius 1 is 1.25 bits per heavy atom. The number of benzene rings is 1. The van der Waals surface area contributed by atoms with Crippen LogP contribution in [-0.4, -0.2) is 16.1 Å². The van der Waals surface area contributed by atoms with Crippen LogP contribution in [-0.2, 0) is 4.79 Å². The lowest BCUT2D eigenvalue weighted by molar-refractivity contribution is -0.115. The fourth-order valence-corrected chi connectivity index (χ4v) is 2.90. The fraction of sp³-hybridized carbons (Fsp3) is 0.143. The van der Waals surface area contributed by atoms with Gasteiger partial charge in [0.15, 0.2) is 0 Å². The second-order valence-corrected chi connectivity index (χ2v) is 7.27. The molecule has 1 amide bonds. The van der Waals surface area contributed by atoms with E-state index in [4.69, 9.17) is 0 Å². The van der Waals surface area contributed by atoms with Crippen LogP contribution in [0.3, 0.4) is 0 Å². The molecule has 104 valence electrons. The fourth-order valence-electron chi connectivity index (χ4n) is 1.48. The summed E-state index contributed by atoms with van der Waals surface area (Å²) < 4.78 is 1.86. The summed E-state index contributed by atoms with van der Waals surface area (Å²) in [7, 11) is 0. The summed E-state index contributed by atoms with van der Waals surface area (Å²) in [5.74, 6) is -0.0437. The van der Waals surface area contributed by atoms with Crippen molar-refractivity contribution >= 4 is 55.2 Å². The predicted molar refractivity (Wildman–Crippen MR) is 90.0 cm³/mol. The van der Waals surface area contributed by atoms with Crippen LogP contribution < -0.4 is 5.32 Å². The van der Waals surface area contributed by atoms with Crippen LogP contribution in [0.2, 0.25) is 0 Å². The van der Waals surface area contributed by atoms with Gasteiger partial charge in [-0.25, -0.2) is 4.98 Å². The highest BCUT2D eigenvalue weighted by atomic mass is 79.9. The molecule has 0 aliphatic carbocycles. The average Bonchev–Trinajstić information content (AvgIpc) is 2.41. The Morgan fingerprint density at radius 2 is 2.05 bits per heavy atom. The smallest absolute Gasteiger partial charge is 0.237 e. The molecule has 2 aromatic rings. The molecule has 1 heterocycles. The van der Waals surface area contributed by atoms with E-state index in [1.54, 1.807) is 6.20 Å². The van der Waals surface area contributed by atoms with Gasteiger partial charge in [-0.1, -0.05) is 33.8 Å². The topological polar surface area (TPSA) is 42.0 Å². The highest BCUT2D eigenvalue weighted by Gasteiger charge is 2.15. The minimum atomic E-state index is -0.220. The zero-order chi connectivity index (χ0) is 14.5. The van der Waals surface area contributed by atoms with Crippen molar-refractivity contribution in [2.24, 2.45) is 0 Å². The normalized spacial score (nSPS) is 11.9. The van der Waals surface area contributed by atoms with Crippen molar-refractivity contribution in [3.05, 3.63) is 51.5 Å². The number of hydrogen-bond donors (Lipinski definition) is 1. The third kappa shape index (κ3) is 4.61. The van der Waals surface area contributed by atoms with Gasteiger partial charge < -0.3 is 5.32 Å². The third-order valence-corrected chi connectivity index (χ3v) is 4.47. The van der Waals surface area contributed by atoms with Gasteiger partial charge >= 0.3 is 0 Å². The number of aromatic nitrogens is 1. The lowest BCUT2D eigenvalue weighted by atomic mass is 10.3. The molecule has 0 saturated carbocycles. The Morgan fingerprint density at radius 3 is 2.70 bits per heavy atom. The van der Waals surface area contributed by atoms with E-state index in [9.17, 15) is 4.79 Å². The van der Waals surface area contributed by atoms with Crippen LogP contribution in [0.1, 0.15) is 6.92 Å². The number of rotatable bonds is 4. The second kappa shape index (κ2) is 7.24. The number of thioether (sulfide) groups is 1. The van der Waals surface area contributed by atoms with Gasteiger partial charge in [0, 0.05) is 20.8 Å². The molecule has 1 aromatic carbocycles. The van der Waals surface area contributed by atoms with Crippen LogP contribution in [0.5, 0.6) is 0 Å². The monoisotopic (exact) mass is 414 g/mol. The predicted octanol–water partition coefficient (Wildman–Crippen LogP) is 4.73. The first-order valence-corrected chi connectivity index (χ1v) is 8.36. The Balaban J connectivity index is 1.96. The van der Waals surface area contributed by atoms with E-state index in [0.29, 0.717) is 0 Å². The van der Waals surface area contributed by atoms with Gasteiger partial charge in [-0.2, -0.15) is 0 Å². The number of hydrogen-bond acceptors (Lipinski definition) is 3. The summed E-state index contributed by atoms with van der Waals surface area (Å²) in [6.45, 7) is 1.86. The van der Waals surface area contributed by atoms with Crippen LogP contribution >= 0.6 is 43.6 Å². The molecule has 0 aliphatic rings. The number of carbonyl (C=O) groups is 1. The highest BCUT2D eigenvalue weighted by molar-refractivity contribution is 9.10. The number of carbonyl (C=O) groups excluding carboxylic acids is 1. The zero-order valence-electron chi connectivity index (χ0n) is 10.6. The van der Waals surface area contributed by atoms with Crippen molar-refractivity contribution in [2.45, 2.75) is 17.2 Å². The van der Waals surface area contributed by atoms with Gasteiger partial charge in [0.2, 0.25) is 5.91 Å². The Kier molecular flexibility index (Phi) is 5.63. The molecule has 1 N–H and O–H groups in total. The summed E-state index contributed by atoms with van der Waals surface area (Å²) in [6, 6.07) is 11.3. The summed E-state index contributed by atoms with van der Waals surface area (Å²) in [5, 5.41) is 3.49. The van der Waals surface area contributed by atoms with E-state index in [0.717, 1.165) is 19.7 Å². The molecular weight excluding hydrogens is 404 g/mol. The van der Waals surface area contributed by atoms with Crippen molar-refractivity contribution in [2.75, 3.05) is 5.32 Å². The molecule has 2 rings (SSSR count). The Bertz CT molecular complexity index is 604. The molecule has 20 heavy (non-hydrogen) atoms. The van der Waals surface area contributed by atoms with Crippen molar-refractivity contribution in [3.8, 4) is 0 Å². The average molecular weight is 416 g/mol. The summed E-state index contributed by atoms with van der Waals surface area (Å²) >= 11 is 8.14. The molecule has 1 atom stereocenters. The number of anilines is 1. The first kappa shape index (κ1) is 15.5. The molecule has 6 heteroatoms. The molecule has 0 radical (unpaired) electrons. The highest BCUT2D eigenvalue weighted by Crippen LogP contribution is 2.24. The van der Waals surface area contributed by atoms with Crippen LogP contribution in [0.15, 0.2) is 56.6 Å². The van der Waals surface area contributed by atoms with Crippen LogP contribution in [0, 0.1) is 0 Å². The van der Waals surface area contributed by atoms with E-state index in [1.807, 2.05) is 43.3 Å². The van der Waals surface area contributed by atoms with Crippen molar-refractivity contribution in [1.82, 2.24) is 4.98 Å². The Hall–Kier alpha value is -0.850.